The van der Waals surface area contributed by atoms with Crippen LogP contribution in [0.4, 0.5) is 5.13 Å². The maximum Gasteiger partial charge on any atom is 0.259 e. The van der Waals surface area contributed by atoms with Crippen LogP contribution < -0.4 is 10.6 Å². The summed E-state index contributed by atoms with van der Waals surface area (Å²) in [5.41, 5.74) is 3.57. The molecule has 4 rings (SSSR count). The van der Waals surface area contributed by atoms with Crippen molar-refractivity contribution in [1.82, 2.24) is 15.3 Å². The molecule has 0 saturated heterocycles. The molecule has 7 nitrogen and oxygen atoms in total. The maximum atomic E-state index is 12.7. The Balaban J connectivity index is 1.45. The fourth-order valence-electron chi connectivity index (χ4n) is 3.00. The van der Waals surface area contributed by atoms with Gasteiger partial charge in [0.05, 0.1) is 23.5 Å². The zero-order valence-corrected chi connectivity index (χ0v) is 17.8. The van der Waals surface area contributed by atoms with E-state index in [1.165, 1.54) is 18.3 Å². The standard InChI is InChI=1S/C23H20N4O3S/c1-14-18(9-10-19(25-14)16-6-4-3-5-7-16)22(29)27-23-26-20(13-31-23)21-11-8-17(30-21)12-24-15(2)28/h3-11,13H,12H2,1-2H3,(H,24,28)(H,26,27,29). The zero-order valence-electron chi connectivity index (χ0n) is 17.0. The fourth-order valence-corrected chi connectivity index (χ4v) is 3.70. The first-order chi connectivity index (χ1) is 15.0. The molecule has 2 amide bonds. The summed E-state index contributed by atoms with van der Waals surface area (Å²) in [6, 6.07) is 17.0. The van der Waals surface area contributed by atoms with Gasteiger partial charge in [0, 0.05) is 17.9 Å². The van der Waals surface area contributed by atoms with Gasteiger partial charge in [-0.25, -0.2) is 4.98 Å². The number of nitrogens with one attached hydrogen (secondary N) is 2. The number of rotatable bonds is 6. The summed E-state index contributed by atoms with van der Waals surface area (Å²) in [6.45, 7) is 3.58. The highest BCUT2D eigenvalue weighted by Gasteiger charge is 2.15. The summed E-state index contributed by atoms with van der Waals surface area (Å²) in [6.07, 6.45) is 0. The van der Waals surface area contributed by atoms with Gasteiger partial charge in [-0.2, -0.15) is 0 Å². The lowest BCUT2D eigenvalue weighted by atomic mass is 10.1. The number of carbonyl (C=O) groups excluding carboxylic acids is 2. The van der Waals surface area contributed by atoms with E-state index in [9.17, 15) is 9.59 Å². The van der Waals surface area contributed by atoms with E-state index in [0.29, 0.717) is 40.1 Å². The molecule has 0 spiro atoms. The van der Waals surface area contributed by atoms with Crippen molar-refractivity contribution in [2.24, 2.45) is 0 Å². The maximum absolute atomic E-state index is 12.7. The van der Waals surface area contributed by atoms with Crippen LogP contribution >= 0.6 is 11.3 Å². The molecule has 156 valence electrons. The van der Waals surface area contributed by atoms with Crippen LogP contribution in [0.25, 0.3) is 22.7 Å². The Morgan fingerprint density at radius 3 is 2.55 bits per heavy atom. The van der Waals surface area contributed by atoms with Crippen molar-refractivity contribution in [2.45, 2.75) is 20.4 Å². The van der Waals surface area contributed by atoms with Crippen molar-refractivity contribution in [3.8, 4) is 22.7 Å². The second-order valence-electron chi connectivity index (χ2n) is 6.86. The van der Waals surface area contributed by atoms with Gasteiger partial charge in [0.25, 0.3) is 5.91 Å². The number of anilines is 1. The number of nitrogens with zero attached hydrogens (tertiary/aromatic N) is 2. The third-order valence-corrected chi connectivity index (χ3v) is 5.31. The Hall–Kier alpha value is -3.78. The molecule has 0 saturated carbocycles. The number of pyridine rings is 1. The summed E-state index contributed by atoms with van der Waals surface area (Å²) in [4.78, 5) is 32.8. The molecule has 3 aromatic heterocycles. The second-order valence-corrected chi connectivity index (χ2v) is 7.72. The molecule has 0 aliphatic rings. The SMILES string of the molecule is CC(=O)NCc1ccc(-c2csc(NC(=O)c3ccc(-c4ccccc4)nc3C)n2)o1. The molecule has 0 bridgehead atoms. The van der Waals surface area contributed by atoms with Crippen LogP contribution in [0.15, 0.2) is 64.4 Å². The topological polar surface area (TPSA) is 97.1 Å². The minimum absolute atomic E-state index is 0.127. The molecule has 4 aromatic rings. The molecule has 0 unspecified atom stereocenters. The number of aryl methyl sites for hydroxylation is 1. The Kier molecular flexibility index (Phi) is 5.90. The average Bonchev–Trinajstić information content (AvgIpc) is 3.42. The van der Waals surface area contributed by atoms with Gasteiger partial charge in [0.1, 0.15) is 11.5 Å². The first-order valence-corrected chi connectivity index (χ1v) is 10.5. The number of furan rings is 1. The van der Waals surface area contributed by atoms with Crippen LogP contribution in [0.3, 0.4) is 0 Å². The van der Waals surface area contributed by atoms with E-state index in [4.69, 9.17) is 4.42 Å². The molecule has 0 aliphatic heterocycles. The Morgan fingerprint density at radius 1 is 1.00 bits per heavy atom. The highest BCUT2D eigenvalue weighted by molar-refractivity contribution is 7.14. The third kappa shape index (κ3) is 4.87. The highest BCUT2D eigenvalue weighted by Crippen LogP contribution is 2.27. The van der Waals surface area contributed by atoms with Crippen molar-refractivity contribution >= 4 is 28.3 Å². The summed E-state index contributed by atoms with van der Waals surface area (Å²) >= 11 is 1.31. The zero-order chi connectivity index (χ0) is 21.8. The predicted molar refractivity (Wildman–Crippen MR) is 120 cm³/mol. The highest BCUT2D eigenvalue weighted by atomic mass is 32.1. The predicted octanol–water partition coefficient (Wildman–Crippen LogP) is 4.66. The smallest absolute Gasteiger partial charge is 0.259 e. The number of benzene rings is 1. The van der Waals surface area contributed by atoms with E-state index in [-0.39, 0.29) is 11.8 Å². The van der Waals surface area contributed by atoms with Crippen molar-refractivity contribution in [2.75, 3.05) is 5.32 Å². The van der Waals surface area contributed by atoms with Gasteiger partial charge in [-0.15, -0.1) is 11.3 Å². The van der Waals surface area contributed by atoms with Gasteiger partial charge in [-0.1, -0.05) is 30.3 Å². The summed E-state index contributed by atoms with van der Waals surface area (Å²) in [7, 11) is 0. The van der Waals surface area contributed by atoms with Crippen molar-refractivity contribution in [1.29, 1.82) is 0 Å². The van der Waals surface area contributed by atoms with Crippen molar-refractivity contribution in [3.05, 3.63) is 77.0 Å². The number of carbonyl (C=O) groups is 2. The molecule has 0 fully saturated rings. The van der Waals surface area contributed by atoms with Crippen LogP contribution in [-0.4, -0.2) is 21.8 Å². The molecule has 2 N–H and O–H groups in total. The van der Waals surface area contributed by atoms with Crippen molar-refractivity contribution in [3.63, 3.8) is 0 Å². The Morgan fingerprint density at radius 2 is 1.81 bits per heavy atom. The molecular formula is C23H20N4O3S. The lowest BCUT2D eigenvalue weighted by molar-refractivity contribution is -0.119. The molecule has 3 heterocycles. The summed E-state index contributed by atoms with van der Waals surface area (Å²) in [5.74, 6) is 0.806. The molecule has 1 aromatic carbocycles. The minimum atomic E-state index is -0.267. The van der Waals surface area contributed by atoms with Crippen molar-refractivity contribution < 1.29 is 14.0 Å². The molecule has 31 heavy (non-hydrogen) atoms. The molecular weight excluding hydrogens is 412 g/mol. The summed E-state index contributed by atoms with van der Waals surface area (Å²) < 4.78 is 5.70. The van der Waals surface area contributed by atoms with Crippen LogP contribution in [0.2, 0.25) is 0 Å². The van der Waals surface area contributed by atoms with Crippen LogP contribution in [0, 0.1) is 6.92 Å². The van der Waals surface area contributed by atoms with Gasteiger partial charge in [0.2, 0.25) is 5.91 Å². The number of hydrogen-bond acceptors (Lipinski definition) is 6. The van der Waals surface area contributed by atoms with E-state index in [2.05, 4.69) is 20.6 Å². The van der Waals surface area contributed by atoms with Gasteiger partial charge < -0.3 is 9.73 Å². The molecule has 0 aliphatic carbocycles. The Bertz CT molecular complexity index is 1230. The van der Waals surface area contributed by atoms with E-state index < -0.39 is 0 Å². The van der Waals surface area contributed by atoms with Crippen LogP contribution in [0.5, 0.6) is 0 Å². The average molecular weight is 433 g/mol. The number of thiazole rings is 1. The number of aromatic nitrogens is 2. The summed E-state index contributed by atoms with van der Waals surface area (Å²) in [5, 5.41) is 7.78. The van der Waals surface area contributed by atoms with Gasteiger partial charge in [0.15, 0.2) is 10.9 Å². The van der Waals surface area contributed by atoms with Crippen LogP contribution in [0.1, 0.15) is 28.7 Å². The third-order valence-electron chi connectivity index (χ3n) is 4.55. The van der Waals surface area contributed by atoms with E-state index in [0.717, 1.165) is 11.3 Å². The number of hydrogen-bond donors (Lipinski definition) is 2. The molecule has 0 atom stereocenters. The lowest BCUT2D eigenvalue weighted by Crippen LogP contribution is -2.18. The Labute approximate surface area is 183 Å². The van der Waals surface area contributed by atoms with Crippen LogP contribution in [-0.2, 0) is 11.3 Å². The largest absolute Gasteiger partial charge is 0.458 e. The lowest BCUT2D eigenvalue weighted by Gasteiger charge is -2.07. The monoisotopic (exact) mass is 432 g/mol. The quantitative estimate of drug-likeness (QED) is 0.462. The van der Waals surface area contributed by atoms with Gasteiger partial charge in [-0.3, -0.25) is 19.9 Å². The second kappa shape index (κ2) is 8.93. The molecule has 8 heteroatoms. The number of amides is 2. The normalized spacial score (nSPS) is 10.6. The van der Waals surface area contributed by atoms with E-state index >= 15 is 0 Å². The fraction of sp³-hybridized carbons (Fsp3) is 0.130. The van der Waals surface area contributed by atoms with E-state index in [1.54, 1.807) is 23.6 Å². The first-order valence-electron chi connectivity index (χ1n) is 9.63. The van der Waals surface area contributed by atoms with E-state index in [1.807, 2.05) is 43.3 Å². The minimum Gasteiger partial charge on any atom is -0.458 e. The first kappa shape index (κ1) is 20.5. The van der Waals surface area contributed by atoms with Gasteiger partial charge >= 0.3 is 0 Å². The van der Waals surface area contributed by atoms with Gasteiger partial charge in [-0.05, 0) is 31.2 Å². The molecule has 0 radical (unpaired) electrons.